The smallest absolute Gasteiger partial charge is 0.229 e. The fraction of sp³-hybridized carbons (Fsp3) is 0.333. The number of fused-ring (bicyclic) bond motifs is 1. The number of carbonyl (C=O) groups excluding carboxylic acids is 1. The van der Waals surface area contributed by atoms with Gasteiger partial charge in [0.15, 0.2) is 5.58 Å². The van der Waals surface area contributed by atoms with E-state index in [4.69, 9.17) is 9.26 Å². The van der Waals surface area contributed by atoms with Gasteiger partial charge in [0.05, 0.1) is 12.5 Å². The molecule has 0 unspecified atom stereocenters. The molecule has 1 atom stereocenters. The summed E-state index contributed by atoms with van der Waals surface area (Å²) in [4.78, 5) is 14.9. The van der Waals surface area contributed by atoms with Crippen LogP contribution in [-0.2, 0) is 22.5 Å². The first-order valence-electron chi connectivity index (χ1n) is 9.06. The molecular weight excluding hydrogens is 328 g/mol. The van der Waals surface area contributed by atoms with Gasteiger partial charge < -0.3 is 14.2 Å². The Hall–Kier alpha value is -2.66. The fourth-order valence-electron chi connectivity index (χ4n) is 3.41. The minimum absolute atomic E-state index is 0.0448. The summed E-state index contributed by atoms with van der Waals surface area (Å²) in [6.45, 7) is 1.98. The van der Waals surface area contributed by atoms with Gasteiger partial charge in [-0.3, -0.25) is 4.79 Å². The lowest BCUT2D eigenvalue weighted by molar-refractivity contribution is -0.132. The van der Waals surface area contributed by atoms with Crippen LogP contribution in [0.3, 0.4) is 0 Å². The quantitative estimate of drug-likeness (QED) is 0.682. The van der Waals surface area contributed by atoms with Crippen LogP contribution >= 0.6 is 0 Å². The Morgan fingerprint density at radius 2 is 1.92 bits per heavy atom. The second-order valence-corrected chi connectivity index (χ2v) is 6.70. The lowest BCUT2D eigenvalue weighted by Gasteiger charge is -2.25. The van der Waals surface area contributed by atoms with Crippen LogP contribution in [0.25, 0.3) is 11.0 Å². The van der Waals surface area contributed by atoms with Crippen molar-refractivity contribution in [1.29, 1.82) is 0 Å². The van der Waals surface area contributed by atoms with E-state index < -0.39 is 0 Å². The van der Waals surface area contributed by atoms with Gasteiger partial charge in [-0.2, -0.15) is 0 Å². The molecular formula is C21H22N2O3. The fourth-order valence-corrected chi connectivity index (χ4v) is 3.41. The summed E-state index contributed by atoms with van der Waals surface area (Å²) in [7, 11) is 0. The Bertz CT molecular complexity index is 869. The van der Waals surface area contributed by atoms with Gasteiger partial charge in [0, 0.05) is 25.1 Å². The molecule has 0 aliphatic carbocycles. The third kappa shape index (κ3) is 3.78. The molecule has 0 N–H and O–H groups in total. The van der Waals surface area contributed by atoms with Crippen molar-refractivity contribution < 1.29 is 14.1 Å². The highest BCUT2D eigenvalue weighted by Gasteiger charge is 2.24. The molecule has 5 heteroatoms. The largest absolute Gasteiger partial charge is 0.376 e. The predicted octanol–water partition coefficient (Wildman–Crippen LogP) is 3.58. The van der Waals surface area contributed by atoms with E-state index in [1.807, 2.05) is 59.5 Å². The van der Waals surface area contributed by atoms with Crippen molar-refractivity contribution in [3.05, 3.63) is 65.9 Å². The van der Waals surface area contributed by atoms with Gasteiger partial charge in [0.2, 0.25) is 5.91 Å². The molecule has 3 aromatic rings. The lowest BCUT2D eigenvalue weighted by Crippen LogP contribution is -2.37. The molecule has 5 nitrogen and oxygen atoms in total. The number of aromatic nitrogens is 1. The number of benzene rings is 2. The molecule has 0 saturated carbocycles. The lowest BCUT2D eigenvalue weighted by atomic mass is 10.1. The number of hydrogen-bond donors (Lipinski definition) is 0. The highest BCUT2D eigenvalue weighted by molar-refractivity contribution is 5.86. The third-order valence-corrected chi connectivity index (χ3v) is 4.79. The van der Waals surface area contributed by atoms with Crippen LogP contribution in [0.1, 0.15) is 24.1 Å². The van der Waals surface area contributed by atoms with Crippen LogP contribution in [-0.4, -0.2) is 35.2 Å². The van der Waals surface area contributed by atoms with E-state index in [-0.39, 0.29) is 18.4 Å². The molecule has 1 amide bonds. The molecule has 26 heavy (non-hydrogen) atoms. The summed E-state index contributed by atoms with van der Waals surface area (Å²) in [6, 6.07) is 17.7. The minimum Gasteiger partial charge on any atom is -0.376 e. The highest BCUT2D eigenvalue weighted by Crippen LogP contribution is 2.20. The van der Waals surface area contributed by atoms with Gasteiger partial charge >= 0.3 is 0 Å². The first-order chi connectivity index (χ1) is 12.8. The van der Waals surface area contributed by atoms with Gasteiger partial charge in [-0.25, -0.2) is 0 Å². The number of para-hydroxylation sites is 1. The number of carbonyl (C=O) groups is 1. The summed E-state index contributed by atoms with van der Waals surface area (Å²) in [5.74, 6) is 0.0448. The molecule has 4 rings (SSSR count). The summed E-state index contributed by atoms with van der Waals surface area (Å²) in [5, 5.41) is 5.00. The topological polar surface area (TPSA) is 55.6 Å². The van der Waals surface area contributed by atoms with Gasteiger partial charge in [-0.15, -0.1) is 0 Å². The molecule has 1 fully saturated rings. The number of nitrogens with zero attached hydrogens (tertiary/aromatic N) is 2. The minimum atomic E-state index is 0.0448. The van der Waals surface area contributed by atoms with E-state index in [1.54, 1.807) is 0 Å². The Balaban J connectivity index is 1.52. The Kier molecular flexibility index (Phi) is 4.97. The van der Waals surface area contributed by atoms with Crippen molar-refractivity contribution in [3.63, 3.8) is 0 Å². The average molecular weight is 350 g/mol. The zero-order valence-electron chi connectivity index (χ0n) is 14.6. The summed E-state index contributed by atoms with van der Waals surface area (Å²) < 4.78 is 11.1. The molecule has 0 bridgehead atoms. The van der Waals surface area contributed by atoms with Crippen molar-refractivity contribution in [1.82, 2.24) is 10.1 Å². The number of ether oxygens (including phenoxy) is 1. The van der Waals surface area contributed by atoms with E-state index in [9.17, 15) is 4.79 Å². The van der Waals surface area contributed by atoms with E-state index in [0.717, 1.165) is 30.4 Å². The van der Waals surface area contributed by atoms with Crippen molar-refractivity contribution in [2.75, 3.05) is 13.2 Å². The van der Waals surface area contributed by atoms with Gasteiger partial charge in [-0.05, 0) is 30.5 Å². The zero-order chi connectivity index (χ0) is 17.8. The molecule has 1 aliphatic rings. The predicted molar refractivity (Wildman–Crippen MR) is 98.5 cm³/mol. The van der Waals surface area contributed by atoms with Gasteiger partial charge in [0.25, 0.3) is 0 Å². The average Bonchev–Trinajstić information content (AvgIpc) is 3.32. The highest BCUT2D eigenvalue weighted by atomic mass is 16.5. The standard InChI is InChI=1S/C21H22N2O3/c24-21(13-19-18-10-4-5-11-20(18)26-22-19)23(15-17-9-6-12-25-17)14-16-7-2-1-3-8-16/h1-5,7-8,10-11,17H,6,9,12-15H2/t17-/m1/s1. The number of rotatable bonds is 6. The van der Waals surface area contributed by atoms with Crippen molar-refractivity contribution in [2.45, 2.75) is 31.9 Å². The van der Waals surface area contributed by atoms with Gasteiger partial charge in [0.1, 0.15) is 5.69 Å². The van der Waals surface area contributed by atoms with Gasteiger partial charge in [-0.1, -0.05) is 47.6 Å². The Morgan fingerprint density at radius 1 is 1.12 bits per heavy atom. The molecule has 0 spiro atoms. The van der Waals surface area contributed by atoms with Crippen LogP contribution in [0.5, 0.6) is 0 Å². The monoisotopic (exact) mass is 350 g/mol. The van der Waals surface area contributed by atoms with Crippen LogP contribution in [0, 0.1) is 0 Å². The maximum atomic E-state index is 13.0. The summed E-state index contributed by atoms with van der Waals surface area (Å²) in [6.07, 6.45) is 2.42. The second-order valence-electron chi connectivity index (χ2n) is 6.70. The molecule has 0 radical (unpaired) electrons. The van der Waals surface area contributed by atoms with Crippen LogP contribution < -0.4 is 0 Å². The summed E-state index contributed by atoms with van der Waals surface area (Å²) >= 11 is 0. The van der Waals surface area contributed by atoms with Crippen LogP contribution in [0.2, 0.25) is 0 Å². The Morgan fingerprint density at radius 3 is 2.73 bits per heavy atom. The van der Waals surface area contributed by atoms with E-state index in [0.29, 0.717) is 24.4 Å². The second kappa shape index (κ2) is 7.70. The molecule has 1 aliphatic heterocycles. The normalized spacial score (nSPS) is 16.8. The van der Waals surface area contributed by atoms with E-state index >= 15 is 0 Å². The van der Waals surface area contributed by atoms with Crippen molar-refractivity contribution in [3.8, 4) is 0 Å². The molecule has 2 heterocycles. The third-order valence-electron chi connectivity index (χ3n) is 4.79. The first-order valence-corrected chi connectivity index (χ1v) is 9.06. The van der Waals surface area contributed by atoms with E-state index in [1.165, 1.54) is 0 Å². The maximum absolute atomic E-state index is 13.0. The van der Waals surface area contributed by atoms with Crippen molar-refractivity contribution >= 4 is 16.9 Å². The molecule has 2 aromatic carbocycles. The summed E-state index contributed by atoms with van der Waals surface area (Å²) in [5.41, 5.74) is 2.52. The molecule has 1 saturated heterocycles. The first kappa shape index (κ1) is 16.8. The molecule has 1 aromatic heterocycles. The molecule has 134 valence electrons. The van der Waals surface area contributed by atoms with Crippen molar-refractivity contribution in [2.24, 2.45) is 0 Å². The zero-order valence-corrected chi connectivity index (χ0v) is 14.6. The van der Waals surface area contributed by atoms with Crippen LogP contribution in [0.15, 0.2) is 59.1 Å². The Labute approximate surface area is 152 Å². The number of hydrogen-bond acceptors (Lipinski definition) is 4. The van der Waals surface area contributed by atoms with E-state index in [2.05, 4.69) is 5.16 Å². The number of amides is 1. The maximum Gasteiger partial charge on any atom is 0.229 e. The van der Waals surface area contributed by atoms with Crippen LogP contribution in [0.4, 0.5) is 0 Å². The SMILES string of the molecule is O=C(Cc1noc2ccccc12)N(Cc1ccccc1)C[C@H]1CCCO1.